The van der Waals surface area contributed by atoms with Gasteiger partial charge in [0.15, 0.2) is 6.29 Å². The highest BCUT2D eigenvalue weighted by Gasteiger charge is 2.41. The minimum absolute atomic E-state index is 0.245. The van der Waals surface area contributed by atoms with Gasteiger partial charge in [0.1, 0.15) is 24.4 Å². The maximum Gasteiger partial charge on any atom is 0.183 e. The van der Waals surface area contributed by atoms with Crippen LogP contribution in [-0.4, -0.2) is 88.1 Å². The van der Waals surface area contributed by atoms with E-state index in [-0.39, 0.29) is 17.7 Å². The molecule has 8 heteroatoms. The fourth-order valence-electron chi connectivity index (χ4n) is 2.96. The first-order valence-electron chi connectivity index (χ1n) is 7.37. The Hall–Kier alpha value is -0.580. The van der Waals surface area contributed by atoms with Gasteiger partial charge in [0, 0.05) is 13.2 Å². The number of rotatable bonds is 4. The van der Waals surface area contributed by atoms with Crippen molar-refractivity contribution in [2.75, 3.05) is 13.7 Å². The molecule has 0 bridgehead atoms. The molecule has 6 N–H and O–H groups in total. The van der Waals surface area contributed by atoms with Crippen molar-refractivity contribution in [3.05, 3.63) is 11.6 Å². The standard InChI is InChI=1S/C14H25NO7/c1-6-8(4-10(17)14(21-2)22-6)15-9-3-7(5-16)11(18)13(20)12(9)19/h3,6,8-20H,4-5H2,1-2H3/t6-,8+,9-,10-,11-,12+,13+,14-/m1/s1. The lowest BCUT2D eigenvalue weighted by Crippen LogP contribution is -2.60. The van der Waals surface area contributed by atoms with Gasteiger partial charge in [0.2, 0.25) is 0 Å². The van der Waals surface area contributed by atoms with Gasteiger partial charge in [-0.25, -0.2) is 0 Å². The molecule has 128 valence electrons. The Labute approximate surface area is 129 Å². The average Bonchev–Trinajstić information content (AvgIpc) is 2.50. The van der Waals surface area contributed by atoms with E-state index >= 15 is 0 Å². The van der Waals surface area contributed by atoms with Gasteiger partial charge in [0.05, 0.1) is 18.8 Å². The smallest absolute Gasteiger partial charge is 0.183 e. The van der Waals surface area contributed by atoms with Crippen molar-refractivity contribution in [3.8, 4) is 0 Å². The molecule has 2 rings (SSSR count). The van der Waals surface area contributed by atoms with Crippen molar-refractivity contribution < 1.29 is 35.0 Å². The lowest BCUT2D eigenvalue weighted by atomic mass is 9.87. The summed E-state index contributed by atoms with van der Waals surface area (Å²) >= 11 is 0. The topological polar surface area (TPSA) is 132 Å². The summed E-state index contributed by atoms with van der Waals surface area (Å²) < 4.78 is 10.6. The number of hydrogen-bond acceptors (Lipinski definition) is 8. The molecule has 8 nitrogen and oxygen atoms in total. The zero-order valence-electron chi connectivity index (χ0n) is 12.7. The van der Waals surface area contributed by atoms with E-state index in [4.69, 9.17) is 9.47 Å². The minimum atomic E-state index is -1.39. The number of ether oxygens (including phenoxy) is 2. The van der Waals surface area contributed by atoms with Gasteiger partial charge in [-0.05, 0) is 18.9 Å². The summed E-state index contributed by atoms with van der Waals surface area (Å²) in [5.74, 6) is 0. The molecule has 0 amide bonds. The van der Waals surface area contributed by atoms with E-state index < -0.39 is 43.4 Å². The second-order valence-electron chi connectivity index (χ2n) is 5.87. The highest BCUT2D eigenvalue weighted by atomic mass is 16.7. The third kappa shape index (κ3) is 3.50. The third-order valence-electron chi connectivity index (χ3n) is 4.36. The molecule has 1 fully saturated rings. The van der Waals surface area contributed by atoms with Crippen LogP contribution >= 0.6 is 0 Å². The second kappa shape index (κ2) is 7.33. The Morgan fingerprint density at radius 3 is 2.55 bits per heavy atom. The van der Waals surface area contributed by atoms with Crippen LogP contribution in [0.25, 0.3) is 0 Å². The first-order valence-corrected chi connectivity index (χ1v) is 7.37. The molecule has 1 aliphatic carbocycles. The van der Waals surface area contributed by atoms with Crippen LogP contribution in [0.15, 0.2) is 11.6 Å². The van der Waals surface area contributed by atoms with Crippen LogP contribution in [0, 0.1) is 0 Å². The highest BCUT2D eigenvalue weighted by Crippen LogP contribution is 2.25. The monoisotopic (exact) mass is 319 g/mol. The van der Waals surface area contributed by atoms with Crippen LogP contribution in [0.1, 0.15) is 13.3 Å². The summed E-state index contributed by atoms with van der Waals surface area (Å²) in [5, 5.41) is 51.9. The molecule has 2 aliphatic rings. The molecule has 22 heavy (non-hydrogen) atoms. The van der Waals surface area contributed by atoms with E-state index in [1.807, 2.05) is 6.92 Å². The normalized spacial score (nSPS) is 46.4. The Kier molecular flexibility index (Phi) is 5.92. The highest BCUT2D eigenvalue weighted by molar-refractivity contribution is 5.22. The molecule has 0 aromatic carbocycles. The van der Waals surface area contributed by atoms with Gasteiger partial charge in [0.25, 0.3) is 0 Å². The molecule has 1 saturated heterocycles. The summed E-state index contributed by atoms with van der Waals surface area (Å²) in [6, 6.07) is -0.942. The molecule has 1 heterocycles. The summed E-state index contributed by atoms with van der Waals surface area (Å²) in [7, 11) is 1.45. The van der Waals surface area contributed by atoms with Gasteiger partial charge in [-0.3, -0.25) is 0 Å². The predicted octanol–water partition coefficient (Wildman–Crippen LogP) is -2.53. The SMILES string of the molecule is CO[C@@H]1O[C@H](C)[C@@H](N[C@@H]2C=C(CO)[C@@H](O)[C@H](O)[C@H]2O)C[C@H]1O. The average molecular weight is 319 g/mol. The van der Waals surface area contributed by atoms with Gasteiger partial charge in [-0.15, -0.1) is 0 Å². The lowest BCUT2D eigenvalue weighted by Gasteiger charge is -2.41. The zero-order chi connectivity index (χ0) is 16.4. The molecule has 1 aliphatic heterocycles. The van der Waals surface area contributed by atoms with E-state index in [1.165, 1.54) is 13.2 Å². The Balaban J connectivity index is 2.07. The number of aliphatic hydroxyl groups is 5. The van der Waals surface area contributed by atoms with E-state index in [1.54, 1.807) is 0 Å². The van der Waals surface area contributed by atoms with Crippen molar-refractivity contribution in [1.29, 1.82) is 0 Å². The van der Waals surface area contributed by atoms with Crippen LogP contribution in [0.5, 0.6) is 0 Å². The van der Waals surface area contributed by atoms with Crippen LogP contribution < -0.4 is 5.32 Å². The summed E-state index contributed by atoms with van der Waals surface area (Å²) in [6.07, 6.45) is -3.84. The van der Waals surface area contributed by atoms with E-state index in [9.17, 15) is 25.5 Å². The van der Waals surface area contributed by atoms with Crippen molar-refractivity contribution in [2.45, 2.75) is 62.2 Å². The largest absolute Gasteiger partial charge is 0.392 e. The van der Waals surface area contributed by atoms with Crippen LogP contribution in [-0.2, 0) is 9.47 Å². The van der Waals surface area contributed by atoms with Crippen LogP contribution in [0.4, 0.5) is 0 Å². The lowest BCUT2D eigenvalue weighted by molar-refractivity contribution is -0.233. The summed E-state index contributed by atoms with van der Waals surface area (Å²) in [5.41, 5.74) is 0.245. The summed E-state index contributed by atoms with van der Waals surface area (Å²) in [4.78, 5) is 0. The Morgan fingerprint density at radius 1 is 1.27 bits per heavy atom. The van der Waals surface area contributed by atoms with Gasteiger partial charge >= 0.3 is 0 Å². The number of nitrogens with one attached hydrogen (secondary N) is 1. The van der Waals surface area contributed by atoms with E-state index in [0.29, 0.717) is 6.42 Å². The Bertz CT molecular complexity index is 405. The second-order valence-corrected chi connectivity index (χ2v) is 5.87. The molecular weight excluding hydrogens is 294 g/mol. The van der Waals surface area contributed by atoms with Gasteiger partial charge in [-0.2, -0.15) is 0 Å². The van der Waals surface area contributed by atoms with Crippen LogP contribution in [0.2, 0.25) is 0 Å². The molecule has 0 aromatic heterocycles. The van der Waals surface area contributed by atoms with Crippen molar-refractivity contribution in [1.82, 2.24) is 5.32 Å². The first-order chi connectivity index (χ1) is 10.4. The van der Waals surface area contributed by atoms with Crippen LogP contribution in [0.3, 0.4) is 0 Å². The maximum atomic E-state index is 10.1. The molecular formula is C14H25NO7. The fourth-order valence-corrected chi connectivity index (χ4v) is 2.96. The zero-order valence-corrected chi connectivity index (χ0v) is 12.7. The van der Waals surface area contributed by atoms with E-state index in [0.717, 1.165) is 0 Å². The molecule has 0 unspecified atom stereocenters. The molecule has 0 radical (unpaired) electrons. The third-order valence-corrected chi connectivity index (χ3v) is 4.36. The van der Waals surface area contributed by atoms with Crippen molar-refractivity contribution in [2.24, 2.45) is 0 Å². The molecule has 8 atom stereocenters. The van der Waals surface area contributed by atoms with Crippen molar-refractivity contribution in [3.63, 3.8) is 0 Å². The fraction of sp³-hybridized carbons (Fsp3) is 0.857. The quantitative estimate of drug-likeness (QED) is 0.313. The maximum absolute atomic E-state index is 10.1. The summed E-state index contributed by atoms with van der Waals surface area (Å²) in [6.45, 7) is 1.40. The molecule has 0 aromatic rings. The number of hydrogen-bond donors (Lipinski definition) is 6. The predicted molar refractivity (Wildman–Crippen MR) is 75.9 cm³/mol. The van der Waals surface area contributed by atoms with Gasteiger partial charge in [-0.1, -0.05) is 6.08 Å². The molecule has 0 spiro atoms. The Morgan fingerprint density at radius 2 is 1.95 bits per heavy atom. The van der Waals surface area contributed by atoms with Crippen molar-refractivity contribution >= 4 is 0 Å². The first kappa shape index (κ1) is 17.8. The minimum Gasteiger partial charge on any atom is -0.392 e. The molecule has 0 saturated carbocycles. The van der Waals surface area contributed by atoms with Gasteiger partial charge < -0.3 is 40.3 Å². The van der Waals surface area contributed by atoms with E-state index in [2.05, 4.69) is 5.32 Å². The number of methoxy groups -OCH3 is 1. The number of aliphatic hydroxyl groups excluding tert-OH is 5.